The highest BCUT2D eigenvalue weighted by molar-refractivity contribution is 6.04. The molecule has 0 bridgehead atoms. The molecule has 2 aliphatic heterocycles. The first-order chi connectivity index (χ1) is 19.6. The number of benzene rings is 2. The number of likely N-dealkylation sites (tertiary alicyclic amines) is 1. The zero-order chi connectivity index (χ0) is 26.8. The van der Waals surface area contributed by atoms with Gasteiger partial charge in [0.2, 0.25) is 5.88 Å². The van der Waals surface area contributed by atoms with Crippen molar-refractivity contribution in [2.45, 2.75) is 44.4 Å². The van der Waals surface area contributed by atoms with Crippen molar-refractivity contribution >= 4 is 33.7 Å². The van der Waals surface area contributed by atoms with E-state index < -0.39 is 0 Å². The number of anilines is 3. The molecule has 5 aromatic rings. The SMILES string of the molecule is Cc1cc(Nc2ncnc3ccc(OC4CC4)c(N4CC5[C@@H]4CCN5C)c23)ccc1Oc1cc2ncnn2cn1. The first kappa shape index (κ1) is 23.4. The lowest BCUT2D eigenvalue weighted by Crippen LogP contribution is -2.61. The van der Waals surface area contributed by atoms with Crippen molar-refractivity contribution in [2.75, 3.05) is 30.4 Å². The summed E-state index contributed by atoms with van der Waals surface area (Å²) in [5.41, 5.74) is 4.55. The molecule has 2 aromatic carbocycles. The minimum atomic E-state index is 0.302. The van der Waals surface area contributed by atoms with Crippen LogP contribution in [0.25, 0.3) is 16.6 Å². The van der Waals surface area contributed by atoms with E-state index in [0.717, 1.165) is 71.8 Å². The van der Waals surface area contributed by atoms with Gasteiger partial charge in [0, 0.05) is 36.9 Å². The second kappa shape index (κ2) is 9.02. The number of aromatic nitrogens is 6. The third-order valence-corrected chi connectivity index (χ3v) is 8.22. The van der Waals surface area contributed by atoms with Gasteiger partial charge in [0.25, 0.3) is 0 Å². The molecule has 0 radical (unpaired) electrons. The number of fused-ring (bicyclic) bond motifs is 3. The van der Waals surface area contributed by atoms with Gasteiger partial charge < -0.3 is 19.7 Å². The molecule has 8 rings (SSSR count). The van der Waals surface area contributed by atoms with Crippen LogP contribution in [0.3, 0.4) is 0 Å². The van der Waals surface area contributed by atoms with E-state index in [1.54, 1.807) is 23.2 Å². The van der Waals surface area contributed by atoms with Gasteiger partial charge in [0.15, 0.2) is 5.65 Å². The molecule has 202 valence electrons. The molecule has 3 fully saturated rings. The molecule has 0 amide bonds. The van der Waals surface area contributed by atoms with Crippen molar-refractivity contribution in [1.82, 2.24) is 34.4 Å². The summed E-state index contributed by atoms with van der Waals surface area (Å²) >= 11 is 0. The van der Waals surface area contributed by atoms with E-state index in [2.05, 4.69) is 54.3 Å². The second-order valence-electron chi connectivity index (χ2n) is 10.9. The summed E-state index contributed by atoms with van der Waals surface area (Å²) in [4.78, 5) is 22.8. The molecule has 0 spiro atoms. The van der Waals surface area contributed by atoms with Gasteiger partial charge >= 0.3 is 0 Å². The fourth-order valence-electron chi connectivity index (χ4n) is 5.88. The minimum absolute atomic E-state index is 0.302. The lowest BCUT2D eigenvalue weighted by Gasteiger charge is -2.48. The highest BCUT2D eigenvalue weighted by Crippen LogP contribution is 2.47. The molecule has 40 heavy (non-hydrogen) atoms. The highest BCUT2D eigenvalue weighted by Gasteiger charge is 2.47. The van der Waals surface area contributed by atoms with Gasteiger partial charge in [-0.2, -0.15) is 5.10 Å². The molecule has 1 aliphatic carbocycles. The number of hydrogen-bond donors (Lipinski definition) is 1. The molecular weight excluding hydrogens is 506 g/mol. The highest BCUT2D eigenvalue weighted by atomic mass is 16.5. The normalized spacial score (nSPS) is 20.5. The minimum Gasteiger partial charge on any atom is -0.488 e. The summed E-state index contributed by atoms with van der Waals surface area (Å²) in [6, 6.07) is 12.9. The monoisotopic (exact) mass is 535 g/mol. The van der Waals surface area contributed by atoms with Gasteiger partial charge in [-0.15, -0.1) is 0 Å². The summed E-state index contributed by atoms with van der Waals surface area (Å²) in [6.45, 7) is 4.11. The summed E-state index contributed by atoms with van der Waals surface area (Å²) in [5.74, 6) is 2.87. The van der Waals surface area contributed by atoms with Crippen molar-refractivity contribution in [3.63, 3.8) is 0 Å². The fourth-order valence-corrected chi connectivity index (χ4v) is 5.88. The van der Waals surface area contributed by atoms with Crippen molar-refractivity contribution in [2.24, 2.45) is 0 Å². The number of rotatable bonds is 7. The Morgan fingerprint density at radius 3 is 2.67 bits per heavy atom. The number of aryl methyl sites for hydroxylation is 1. The van der Waals surface area contributed by atoms with Gasteiger partial charge in [-0.25, -0.2) is 24.5 Å². The number of hydrogen-bond acceptors (Lipinski definition) is 10. The molecule has 3 aliphatic rings. The lowest BCUT2D eigenvalue weighted by molar-refractivity contribution is 0.238. The molecule has 2 atom stereocenters. The van der Waals surface area contributed by atoms with Crippen LogP contribution in [0.4, 0.5) is 17.2 Å². The number of nitrogens with one attached hydrogen (secondary N) is 1. The number of ether oxygens (including phenoxy) is 2. The molecule has 1 N–H and O–H groups in total. The maximum Gasteiger partial charge on any atom is 0.224 e. The lowest BCUT2D eigenvalue weighted by atomic mass is 9.94. The Hall–Kier alpha value is -4.51. The van der Waals surface area contributed by atoms with E-state index in [1.165, 1.54) is 6.33 Å². The standard InChI is InChI=1S/C29H29N9O2/c1-17-11-18(3-7-23(17)40-26-12-25-31-15-34-38(25)16-33-26)35-29-27-20(30-14-32-29)6-8-24(39-19-4-5-19)28(27)37-13-22-21(37)9-10-36(22)2/h3,6-8,11-12,14-16,19,21-22H,4-5,9-10,13H2,1-2H3,(H,30,32,35)/t21-,22?/m0/s1. The van der Waals surface area contributed by atoms with E-state index >= 15 is 0 Å². The predicted octanol–water partition coefficient (Wildman–Crippen LogP) is 4.35. The maximum atomic E-state index is 6.44. The third kappa shape index (κ3) is 3.96. The van der Waals surface area contributed by atoms with Crippen LogP contribution in [0.15, 0.2) is 55.4 Å². The predicted molar refractivity (Wildman–Crippen MR) is 151 cm³/mol. The number of likely N-dealkylation sites (N-methyl/N-ethyl adjacent to an activating group) is 1. The molecular formula is C29H29N9O2. The van der Waals surface area contributed by atoms with Crippen LogP contribution >= 0.6 is 0 Å². The Labute approximate surface area is 230 Å². The van der Waals surface area contributed by atoms with Gasteiger partial charge in [0.1, 0.15) is 36.3 Å². The van der Waals surface area contributed by atoms with E-state index in [0.29, 0.717) is 35.5 Å². The van der Waals surface area contributed by atoms with Gasteiger partial charge in [-0.1, -0.05) is 0 Å². The van der Waals surface area contributed by atoms with Gasteiger partial charge in [-0.3, -0.25) is 4.90 Å². The van der Waals surface area contributed by atoms with Crippen LogP contribution in [-0.4, -0.2) is 72.8 Å². The first-order valence-corrected chi connectivity index (χ1v) is 13.7. The maximum absolute atomic E-state index is 6.44. The van der Waals surface area contributed by atoms with Crippen LogP contribution in [0.1, 0.15) is 24.8 Å². The Morgan fingerprint density at radius 2 is 1.82 bits per heavy atom. The molecule has 2 saturated heterocycles. The van der Waals surface area contributed by atoms with Crippen LogP contribution in [-0.2, 0) is 0 Å². The van der Waals surface area contributed by atoms with Crippen molar-refractivity contribution in [1.29, 1.82) is 0 Å². The zero-order valence-corrected chi connectivity index (χ0v) is 22.4. The van der Waals surface area contributed by atoms with E-state index in [-0.39, 0.29) is 0 Å². The Morgan fingerprint density at radius 1 is 0.925 bits per heavy atom. The van der Waals surface area contributed by atoms with Crippen LogP contribution in [0, 0.1) is 6.92 Å². The Bertz CT molecular complexity index is 1750. The largest absolute Gasteiger partial charge is 0.488 e. The van der Waals surface area contributed by atoms with E-state index in [4.69, 9.17) is 14.5 Å². The Balaban J connectivity index is 1.13. The molecule has 1 unspecified atom stereocenters. The van der Waals surface area contributed by atoms with Crippen LogP contribution in [0.2, 0.25) is 0 Å². The summed E-state index contributed by atoms with van der Waals surface area (Å²) in [7, 11) is 2.22. The first-order valence-electron chi connectivity index (χ1n) is 13.7. The van der Waals surface area contributed by atoms with E-state index in [9.17, 15) is 0 Å². The van der Waals surface area contributed by atoms with Crippen molar-refractivity contribution in [3.05, 3.63) is 60.9 Å². The summed E-state index contributed by atoms with van der Waals surface area (Å²) in [5, 5.41) is 8.65. The molecule has 11 heteroatoms. The number of nitrogens with zero attached hydrogens (tertiary/aromatic N) is 8. The molecule has 3 aromatic heterocycles. The fraction of sp³-hybridized carbons (Fsp3) is 0.345. The second-order valence-corrected chi connectivity index (χ2v) is 10.9. The average Bonchev–Trinajstić information content (AvgIpc) is 3.55. The van der Waals surface area contributed by atoms with Crippen LogP contribution in [0.5, 0.6) is 17.4 Å². The van der Waals surface area contributed by atoms with Gasteiger partial charge in [0.05, 0.1) is 22.7 Å². The van der Waals surface area contributed by atoms with Crippen molar-refractivity contribution < 1.29 is 9.47 Å². The quantitative estimate of drug-likeness (QED) is 0.323. The topological polar surface area (TPSA) is 106 Å². The average molecular weight is 536 g/mol. The van der Waals surface area contributed by atoms with Crippen molar-refractivity contribution in [3.8, 4) is 17.4 Å². The van der Waals surface area contributed by atoms with Gasteiger partial charge in [-0.05, 0) is 69.1 Å². The smallest absolute Gasteiger partial charge is 0.224 e. The molecule has 11 nitrogen and oxygen atoms in total. The summed E-state index contributed by atoms with van der Waals surface area (Å²) < 4.78 is 14.1. The molecule has 5 heterocycles. The zero-order valence-electron chi connectivity index (χ0n) is 22.4. The van der Waals surface area contributed by atoms with Crippen LogP contribution < -0.4 is 19.7 Å². The third-order valence-electron chi connectivity index (χ3n) is 8.22. The molecule has 1 saturated carbocycles. The summed E-state index contributed by atoms with van der Waals surface area (Å²) in [6.07, 6.45) is 8.37. The van der Waals surface area contributed by atoms with E-state index in [1.807, 2.05) is 25.1 Å². The Kier molecular flexibility index (Phi) is 5.27.